The molecule has 0 aliphatic heterocycles. The molecule has 1 saturated carbocycles. The van der Waals surface area contributed by atoms with Crippen molar-refractivity contribution in [2.45, 2.75) is 43.5 Å². The highest BCUT2D eigenvalue weighted by molar-refractivity contribution is 7.99. The van der Waals surface area contributed by atoms with Gasteiger partial charge in [-0.2, -0.15) is 11.8 Å². The number of pyridine rings is 1. The van der Waals surface area contributed by atoms with Gasteiger partial charge < -0.3 is 15.5 Å². The third-order valence-electron chi connectivity index (χ3n) is 4.05. The summed E-state index contributed by atoms with van der Waals surface area (Å²) < 4.78 is 0. The Morgan fingerprint density at radius 2 is 2.18 bits per heavy atom. The molecule has 5 nitrogen and oxygen atoms in total. The maximum atomic E-state index is 12.2. The van der Waals surface area contributed by atoms with Gasteiger partial charge in [-0.25, -0.2) is 9.78 Å². The summed E-state index contributed by atoms with van der Waals surface area (Å²) in [6.45, 7) is 0.490. The van der Waals surface area contributed by atoms with Crippen LogP contribution in [0.5, 0.6) is 0 Å². The first-order valence-corrected chi connectivity index (χ1v) is 9.09. The molecule has 2 unspecified atom stereocenters. The normalized spacial score (nSPS) is 21.2. The Hall–Kier alpha value is -1.43. The largest absolute Gasteiger partial charge is 0.362 e. The molecule has 1 aliphatic rings. The zero-order valence-electron chi connectivity index (χ0n) is 13.6. The molecule has 122 valence electrons. The van der Waals surface area contributed by atoms with Crippen LogP contribution in [-0.2, 0) is 6.54 Å². The Bertz CT molecular complexity index is 495. The highest BCUT2D eigenvalue weighted by atomic mass is 32.2. The second-order valence-corrected chi connectivity index (χ2v) is 6.95. The molecule has 6 heteroatoms. The average Bonchev–Trinajstić information content (AvgIpc) is 2.53. The van der Waals surface area contributed by atoms with Crippen LogP contribution >= 0.6 is 11.8 Å². The molecule has 2 atom stereocenters. The SMILES string of the molecule is CSC1CCCCC1NC(=O)NCc1cccnc1N(C)C. The fraction of sp³-hybridized carbons (Fsp3) is 0.625. The van der Waals surface area contributed by atoms with Gasteiger partial charge in [-0.3, -0.25) is 0 Å². The number of amides is 2. The molecule has 2 rings (SSSR count). The molecule has 1 aromatic heterocycles. The zero-order chi connectivity index (χ0) is 15.9. The molecular weight excluding hydrogens is 296 g/mol. The van der Waals surface area contributed by atoms with E-state index >= 15 is 0 Å². The highest BCUT2D eigenvalue weighted by Crippen LogP contribution is 2.27. The number of hydrogen-bond acceptors (Lipinski definition) is 4. The summed E-state index contributed by atoms with van der Waals surface area (Å²) in [6, 6.07) is 4.09. The predicted octanol–water partition coefficient (Wildman–Crippen LogP) is 2.62. The van der Waals surface area contributed by atoms with E-state index in [1.807, 2.05) is 42.9 Å². The van der Waals surface area contributed by atoms with Crippen LogP contribution < -0.4 is 15.5 Å². The van der Waals surface area contributed by atoms with E-state index in [2.05, 4.69) is 21.9 Å². The summed E-state index contributed by atoms with van der Waals surface area (Å²) in [6.07, 6.45) is 8.64. The van der Waals surface area contributed by atoms with Crippen molar-refractivity contribution in [2.24, 2.45) is 0 Å². The summed E-state index contributed by atoms with van der Waals surface area (Å²) in [5, 5.41) is 6.63. The Kier molecular flexibility index (Phi) is 6.36. The van der Waals surface area contributed by atoms with Gasteiger partial charge in [0.1, 0.15) is 5.82 Å². The van der Waals surface area contributed by atoms with Crippen LogP contribution in [0, 0.1) is 0 Å². The van der Waals surface area contributed by atoms with Gasteiger partial charge in [0.25, 0.3) is 0 Å². The maximum Gasteiger partial charge on any atom is 0.315 e. The molecule has 1 fully saturated rings. The molecule has 1 aliphatic carbocycles. The van der Waals surface area contributed by atoms with Crippen LogP contribution in [-0.4, -0.2) is 42.7 Å². The molecule has 2 N–H and O–H groups in total. The summed E-state index contributed by atoms with van der Waals surface area (Å²) in [4.78, 5) is 18.5. The van der Waals surface area contributed by atoms with E-state index in [-0.39, 0.29) is 12.1 Å². The molecule has 2 amide bonds. The van der Waals surface area contributed by atoms with Crippen LogP contribution in [0.1, 0.15) is 31.2 Å². The van der Waals surface area contributed by atoms with Gasteiger partial charge in [0.15, 0.2) is 0 Å². The van der Waals surface area contributed by atoms with E-state index in [1.165, 1.54) is 19.3 Å². The lowest BCUT2D eigenvalue weighted by Gasteiger charge is -2.31. The summed E-state index contributed by atoms with van der Waals surface area (Å²) in [5.74, 6) is 0.891. The average molecular weight is 322 g/mol. The molecule has 22 heavy (non-hydrogen) atoms. The fourth-order valence-electron chi connectivity index (χ4n) is 2.91. The van der Waals surface area contributed by atoms with Gasteiger partial charge in [0.2, 0.25) is 0 Å². The molecule has 1 heterocycles. The van der Waals surface area contributed by atoms with Crippen LogP contribution in [0.3, 0.4) is 0 Å². The van der Waals surface area contributed by atoms with Crippen molar-refractivity contribution in [3.05, 3.63) is 23.9 Å². The molecular formula is C16H26N4OS. The number of nitrogens with zero attached hydrogens (tertiary/aromatic N) is 2. The third kappa shape index (κ3) is 4.53. The maximum absolute atomic E-state index is 12.2. The van der Waals surface area contributed by atoms with Crippen molar-refractivity contribution in [3.63, 3.8) is 0 Å². The van der Waals surface area contributed by atoms with Crippen molar-refractivity contribution in [1.82, 2.24) is 15.6 Å². The van der Waals surface area contributed by atoms with E-state index < -0.39 is 0 Å². The monoisotopic (exact) mass is 322 g/mol. The number of carbonyl (C=O) groups is 1. The summed E-state index contributed by atoms with van der Waals surface area (Å²) >= 11 is 1.86. The number of anilines is 1. The summed E-state index contributed by atoms with van der Waals surface area (Å²) in [7, 11) is 3.91. The minimum Gasteiger partial charge on any atom is -0.362 e. The standard InChI is InChI=1S/C16H26N4OS/c1-20(2)15-12(7-6-10-17-15)11-18-16(21)19-13-8-4-5-9-14(13)22-3/h6-7,10,13-14H,4-5,8-9,11H2,1-3H3,(H2,18,19,21). The first-order valence-electron chi connectivity index (χ1n) is 7.80. The van der Waals surface area contributed by atoms with E-state index in [9.17, 15) is 4.79 Å². The fourth-order valence-corrected chi connectivity index (χ4v) is 3.84. The minimum absolute atomic E-state index is 0.0838. The highest BCUT2D eigenvalue weighted by Gasteiger charge is 2.25. The van der Waals surface area contributed by atoms with Gasteiger partial charge in [-0.1, -0.05) is 18.9 Å². The van der Waals surface area contributed by atoms with Gasteiger partial charge >= 0.3 is 6.03 Å². The van der Waals surface area contributed by atoms with Gasteiger partial charge in [0, 0.05) is 43.7 Å². The van der Waals surface area contributed by atoms with E-state index in [0.717, 1.165) is 17.8 Å². The van der Waals surface area contributed by atoms with Gasteiger partial charge in [-0.05, 0) is 25.2 Å². The smallest absolute Gasteiger partial charge is 0.315 e. The van der Waals surface area contributed by atoms with Crippen molar-refractivity contribution in [1.29, 1.82) is 0 Å². The Balaban J connectivity index is 1.87. The number of rotatable bonds is 5. The second kappa shape index (κ2) is 8.27. The second-order valence-electron chi connectivity index (χ2n) is 5.87. The van der Waals surface area contributed by atoms with E-state index in [1.54, 1.807) is 6.20 Å². The Morgan fingerprint density at radius 3 is 2.91 bits per heavy atom. The molecule has 0 aromatic carbocycles. The molecule has 1 aromatic rings. The molecule has 0 bridgehead atoms. The number of hydrogen-bond donors (Lipinski definition) is 2. The third-order valence-corrected chi connectivity index (χ3v) is 5.22. The van der Waals surface area contributed by atoms with Gasteiger partial charge in [0.05, 0.1) is 0 Å². The van der Waals surface area contributed by atoms with Crippen molar-refractivity contribution in [3.8, 4) is 0 Å². The van der Waals surface area contributed by atoms with Crippen molar-refractivity contribution in [2.75, 3.05) is 25.3 Å². The molecule has 0 radical (unpaired) electrons. The van der Waals surface area contributed by atoms with Gasteiger partial charge in [-0.15, -0.1) is 0 Å². The number of thioether (sulfide) groups is 1. The Morgan fingerprint density at radius 1 is 1.41 bits per heavy atom. The lowest BCUT2D eigenvalue weighted by atomic mass is 9.95. The first-order chi connectivity index (χ1) is 10.6. The molecule has 0 saturated heterocycles. The van der Waals surface area contributed by atoms with Crippen LogP contribution in [0.25, 0.3) is 0 Å². The Labute approximate surface area is 137 Å². The molecule has 0 spiro atoms. The van der Waals surface area contributed by atoms with E-state index in [4.69, 9.17) is 0 Å². The minimum atomic E-state index is -0.0838. The van der Waals surface area contributed by atoms with Crippen LogP contribution in [0.15, 0.2) is 18.3 Å². The quantitative estimate of drug-likeness (QED) is 0.875. The number of nitrogens with one attached hydrogen (secondary N) is 2. The zero-order valence-corrected chi connectivity index (χ0v) is 14.4. The van der Waals surface area contributed by atoms with Crippen LogP contribution in [0.4, 0.5) is 10.6 Å². The number of aromatic nitrogens is 1. The van der Waals surface area contributed by atoms with Crippen LogP contribution in [0.2, 0.25) is 0 Å². The lowest BCUT2D eigenvalue weighted by Crippen LogP contribution is -2.47. The van der Waals surface area contributed by atoms with Crippen molar-refractivity contribution < 1.29 is 4.79 Å². The first kappa shape index (κ1) is 16.9. The van der Waals surface area contributed by atoms with E-state index in [0.29, 0.717) is 11.8 Å². The number of carbonyl (C=O) groups excluding carboxylic acids is 1. The number of urea groups is 1. The predicted molar refractivity (Wildman–Crippen MR) is 93.5 cm³/mol. The lowest BCUT2D eigenvalue weighted by molar-refractivity contribution is 0.233. The topological polar surface area (TPSA) is 57.3 Å². The summed E-state index contributed by atoms with van der Waals surface area (Å²) in [5.41, 5.74) is 1.02. The van der Waals surface area contributed by atoms with Crippen molar-refractivity contribution >= 4 is 23.6 Å².